The first-order valence-electron chi connectivity index (χ1n) is 9.20. The maximum absolute atomic E-state index is 12.7. The molecule has 0 N–H and O–H groups in total. The molecule has 138 valence electrons. The van der Waals surface area contributed by atoms with Crippen molar-refractivity contribution in [2.75, 3.05) is 11.4 Å². The molecule has 2 aromatic carbocycles. The van der Waals surface area contributed by atoms with Crippen LogP contribution in [-0.2, 0) is 17.8 Å². The van der Waals surface area contributed by atoms with Gasteiger partial charge in [0.25, 0.3) is 0 Å². The van der Waals surface area contributed by atoms with Gasteiger partial charge in [-0.3, -0.25) is 4.90 Å². The third-order valence-electron chi connectivity index (χ3n) is 4.53. The number of hydrogen-bond acceptors (Lipinski definition) is 3. The Morgan fingerprint density at radius 1 is 1.08 bits per heavy atom. The van der Waals surface area contributed by atoms with Crippen LogP contribution in [0.1, 0.15) is 38.8 Å². The second-order valence-electron chi connectivity index (χ2n) is 7.95. The summed E-state index contributed by atoms with van der Waals surface area (Å²) in [6.45, 7) is 9.97. The molecule has 0 saturated carbocycles. The van der Waals surface area contributed by atoms with Crippen molar-refractivity contribution in [2.24, 2.45) is 0 Å². The third-order valence-corrected chi connectivity index (χ3v) is 4.53. The van der Waals surface area contributed by atoms with Crippen LogP contribution < -0.4 is 4.90 Å². The van der Waals surface area contributed by atoms with Crippen LogP contribution in [0.2, 0.25) is 0 Å². The average molecular weight is 352 g/mol. The summed E-state index contributed by atoms with van der Waals surface area (Å²) in [7, 11) is 0. The van der Waals surface area contributed by atoms with Gasteiger partial charge >= 0.3 is 6.09 Å². The molecular weight excluding hydrogens is 324 g/mol. The summed E-state index contributed by atoms with van der Waals surface area (Å²) in [6, 6.07) is 18.8. The first-order chi connectivity index (χ1) is 12.3. The Morgan fingerprint density at radius 2 is 1.73 bits per heavy atom. The molecule has 0 spiro atoms. The monoisotopic (exact) mass is 352 g/mol. The van der Waals surface area contributed by atoms with Gasteiger partial charge in [-0.1, -0.05) is 48.5 Å². The van der Waals surface area contributed by atoms with Gasteiger partial charge in [-0.2, -0.15) is 0 Å². The Morgan fingerprint density at radius 3 is 2.42 bits per heavy atom. The molecule has 1 heterocycles. The summed E-state index contributed by atoms with van der Waals surface area (Å²) in [5.74, 6) is 0. The van der Waals surface area contributed by atoms with E-state index in [1.807, 2.05) is 37.8 Å². The third kappa shape index (κ3) is 4.37. The van der Waals surface area contributed by atoms with Crippen LogP contribution in [0.4, 0.5) is 10.5 Å². The van der Waals surface area contributed by atoms with Gasteiger partial charge in [0.1, 0.15) is 5.60 Å². The standard InChI is InChI=1S/C22H28N2O2/c1-17-14-23(15-18-10-6-5-7-11-18)20-13-9-8-12-19(20)16-24(17)21(25)26-22(2,3)4/h5-13,17H,14-16H2,1-4H3/t17-/m1/s1. The number of carbonyl (C=O) groups excluding carboxylic acids is 1. The molecule has 0 radical (unpaired) electrons. The summed E-state index contributed by atoms with van der Waals surface area (Å²) in [6.07, 6.45) is -0.249. The van der Waals surface area contributed by atoms with Crippen LogP contribution in [-0.4, -0.2) is 29.2 Å². The lowest BCUT2D eigenvalue weighted by molar-refractivity contribution is 0.0168. The first kappa shape index (κ1) is 18.3. The van der Waals surface area contributed by atoms with Gasteiger partial charge in [-0.15, -0.1) is 0 Å². The zero-order chi connectivity index (χ0) is 18.7. The highest BCUT2D eigenvalue weighted by molar-refractivity contribution is 5.70. The largest absolute Gasteiger partial charge is 0.444 e. The highest BCUT2D eigenvalue weighted by Gasteiger charge is 2.31. The van der Waals surface area contributed by atoms with Crippen LogP contribution in [0.25, 0.3) is 0 Å². The SMILES string of the molecule is C[C@@H]1CN(Cc2ccccc2)c2ccccc2CN1C(=O)OC(C)(C)C. The van der Waals surface area contributed by atoms with E-state index in [1.165, 1.54) is 11.3 Å². The molecular formula is C22H28N2O2. The number of rotatable bonds is 2. The lowest BCUT2D eigenvalue weighted by Crippen LogP contribution is -2.44. The molecule has 1 amide bonds. The molecule has 1 aliphatic rings. The van der Waals surface area contributed by atoms with Crippen molar-refractivity contribution < 1.29 is 9.53 Å². The topological polar surface area (TPSA) is 32.8 Å². The summed E-state index contributed by atoms with van der Waals surface area (Å²) < 4.78 is 5.64. The number of ether oxygens (including phenoxy) is 1. The molecule has 1 atom stereocenters. The number of hydrogen-bond donors (Lipinski definition) is 0. The molecule has 0 saturated heterocycles. The molecule has 1 aliphatic heterocycles. The number of nitrogens with zero attached hydrogens (tertiary/aromatic N) is 2. The number of amides is 1. The van der Waals surface area contributed by atoms with E-state index in [-0.39, 0.29) is 12.1 Å². The van der Waals surface area contributed by atoms with E-state index < -0.39 is 5.60 Å². The Labute approximate surface area is 156 Å². The van der Waals surface area contributed by atoms with Crippen molar-refractivity contribution in [3.63, 3.8) is 0 Å². The van der Waals surface area contributed by atoms with Crippen molar-refractivity contribution in [3.05, 3.63) is 65.7 Å². The molecule has 0 aliphatic carbocycles. The highest BCUT2D eigenvalue weighted by Crippen LogP contribution is 2.29. The lowest BCUT2D eigenvalue weighted by atomic mass is 10.1. The van der Waals surface area contributed by atoms with Gasteiger partial charge in [0.15, 0.2) is 0 Å². The molecule has 0 unspecified atom stereocenters. The zero-order valence-electron chi connectivity index (χ0n) is 16.1. The minimum absolute atomic E-state index is 0.0564. The number of anilines is 1. The van der Waals surface area contributed by atoms with E-state index in [9.17, 15) is 4.79 Å². The van der Waals surface area contributed by atoms with Crippen molar-refractivity contribution in [1.29, 1.82) is 0 Å². The second-order valence-corrected chi connectivity index (χ2v) is 7.95. The predicted molar refractivity (Wildman–Crippen MR) is 105 cm³/mol. The molecule has 4 heteroatoms. The van der Waals surface area contributed by atoms with Crippen molar-refractivity contribution in [2.45, 2.75) is 52.4 Å². The van der Waals surface area contributed by atoms with E-state index >= 15 is 0 Å². The maximum Gasteiger partial charge on any atom is 0.410 e. The molecule has 2 aromatic rings. The molecule has 4 nitrogen and oxygen atoms in total. The average Bonchev–Trinajstić information content (AvgIpc) is 2.71. The second kappa shape index (κ2) is 7.40. The lowest BCUT2D eigenvalue weighted by Gasteiger charge is -2.32. The minimum Gasteiger partial charge on any atom is -0.444 e. The highest BCUT2D eigenvalue weighted by atomic mass is 16.6. The number of para-hydroxylation sites is 1. The number of fused-ring (bicyclic) bond motifs is 1. The van der Waals surface area contributed by atoms with E-state index in [0.29, 0.717) is 6.54 Å². The quantitative estimate of drug-likeness (QED) is 0.776. The number of carbonyl (C=O) groups is 1. The Balaban J connectivity index is 1.88. The van der Waals surface area contributed by atoms with Gasteiger partial charge in [-0.25, -0.2) is 4.79 Å². The molecule has 0 bridgehead atoms. The predicted octanol–water partition coefficient (Wildman–Crippen LogP) is 4.83. The molecule has 3 rings (SSSR count). The fraction of sp³-hybridized carbons (Fsp3) is 0.409. The zero-order valence-corrected chi connectivity index (χ0v) is 16.1. The van der Waals surface area contributed by atoms with Crippen LogP contribution in [0.3, 0.4) is 0 Å². The van der Waals surface area contributed by atoms with Crippen LogP contribution in [0.5, 0.6) is 0 Å². The van der Waals surface area contributed by atoms with Gasteiger partial charge in [0, 0.05) is 18.8 Å². The van der Waals surface area contributed by atoms with Crippen molar-refractivity contribution in [3.8, 4) is 0 Å². The summed E-state index contributed by atoms with van der Waals surface area (Å²) in [5.41, 5.74) is 3.11. The Hall–Kier alpha value is -2.49. The van der Waals surface area contributed by atoms with Crippen LogP contribution in [0, 0.1) is 0 Å². The molecule has 0 fully saturated rings. The maximum atomic E-state index is 12.7. The van der Waals surface area contributed by atoms with Gasteiger partial charge < -0.3 is 9.64 Å². The van der Waals surface area contributed by atoms with Gasteiger partial charge in [0.2, 0.25) is 0 Å². The fourth-order valence-electron chi connectivity index (χ4n) is 3.33. The molecule has 26 heavy (non-hydrogen) atoms. The van der Waals surface area contributed by atoms with E-state index in [1.54, 1.807) is 0 Å². The van der Waals surface area contributed by atoms with E-state index in [0.717, 1.165) is 18.7 Å². The van der Waals surface area contributed by atoms with Crippen LogP contribution in [0.15, 0.2) is 54.6 Å². The van der Waals surface area contributed by atoms with Crippen molar-refractivity contribution in [1.82, 2.24) is 4.90 Å². The van der Waals surface area contributed by atoms with E-state index in [4.69, 9.17) is 4.74 Å². The summed E-state index contributed by atoms with van der Waals surface area (Å²) >= 11 is 0. The summed E-state index contributed by atoms with van der Waals surface area (Å²) in [4.78, 5) is 16.9. The van der Waals surface area contributed by atoms with Gasteiger partial charge in [0.05, 0.1) is 12.6 Å². The van der Waals surface area contributed by atoms with Crippen molar-refractivity contribution >= 4 is 11.8 Å². The Bertz CT molecular complexity index is 752. The number of benzene rings is 2. The fourth-order valence-corrected chi connectivity index (χ4v) is 3.33. The smallest absolute Gasteiger partial charge is 0.410 e. The molecule has 0 aromatic heterocycles. The Kier molecular flexibility index (Phi) is 5.21. The van der Waals surface area contributed by atoms with Crippen LogP contribution >= 0.6 is 0 Å². The van der Waals surface area contributed by atoms with E-state index in [2.05, 4.69) is 54.3 Å². The van der Waals surface area contributed by atoms with Gasteiger partial charge in [-0.05, 0) is 44.9 Å². The summed E-state index contributed by atoms with van der Waals surface area (Å²) in [5, 5.41) is 0. The normalized spacial score (nSPS) is 17.5. The first-order valence-corrected chi connectivity index (χ1v) is 9.20. The minimum atomic E-state index is -0.494.